The third kappa shape index (κ3) is 6.11. The third-order valence-electron chi connectivity index (χ3n) is 3.03. The molecule has 108 valence electrons. The summed E-state index contributed by atoms with van der Waals surface area (Å²) in [4.78, 5) is 10.8. The first-order valence-electron chi connectivity index (χ1n) is 6.65. The molecule has 0 unspecified atom stereocenters. The molecule has 0 aliphatic carbocycles. The normalized spacial score (nSPS) is 11.3. The van der Waals surface area contributed by atoms with Crippen molar-refractivity contribution in [1.29, 1.82) is 0 Å². The Balaban J connectivity index is 2.28. The van der Waals surface area contributed by atoms with Gasteiger partial charge < -0.3 is 16.0 Å². The fourth-order valence-corrected chi connectivity index (χ4v) is 1.97. The van der Waals surface area contributed by atoms with E-state index in [1.165, 1.54) is 18.2 Å². The lowest BCUT2D eigenvalue weighted by Crippen LogP contribution is -2.27. The standard InChI is InChI=1S/C13H25N5S/c1-10(2)18(3)8-6-5-7-15-12-9-11(14)16-13(17-12)19-4/h9-10H,5-8H2,1-4H3,(H3,14,15,16,17). The number of nitrogens with one attached hydrogen (secondary N) is 1. The van der Waals surface area contributed by atoms with Gasteiger partial charge in [0.05, 0.1) is 0 Å². The Morgan fingerprint density at radius 3 is 2.74 bits per heavy atom. The number of nitrogens with two attached hydrogens (primary N) is 1. The molecular weight excluding hydrogens is 258 g/mol. The number of rotatable bonds is 8. The first-order chi connectivity index (χ1) is 9.02. The predicted molar refractivity (Wildman–Crippen MR) is 83.7 cm³/mol. The smallest absolute Gasteiger partial charge is 0.191 e. The highest BCUT2D eigenvalue weighted by Crippen LogP contribution is 2.15. The molecule has 1 heterocycles. The lowest BCUT2D eigenvalue weighted by atomic mass is 10.2. The number of anilines is 2. The Labute approximate surface area is 120 Å². The van der Waals surface area contributed by atoms with Crippen molar-refractivity contribution in [2.24, 2.45) is 0 Å². The predicted octanol–water partition coefficient (Wildman–Crippen LogP) is 2.31. The van der Waals surface area contributed by atoms with E-state index in [0.717, 1.165) is 25.3 Å². The maximum absolute atomic E-state index is 5.73. The molecule has 6 heteroatoms. The van der Waals surface area contributed by atoms with Gasteiger partial charge in [-0.2, -0.15) is 0 Å². The summed E-state index contributed by atoms with van der Waals surface area (Å²) in [7, 11) is 2.16. The minimum Gasteiger partial charge on any atom is -0.383 e. The second kappa shape index (κ2) is 8.22. The van der Waals surface area contributed by atoms with Crippen LogP contribution in [0.5, 0.6) is 0 Å². The first-order valence-corrected chi connectivity index (χ1v) is 7.88. The van der Waals surface area contributed by atoms with Crippen molar-refractivity contribution in [3.8, 4) is 0 Å². The van der Waals surface area contributed by atoms with Gasteiger partial charge in [0.1, 0.15) is 11.6 Å². The molecule has 5 nitrogen and oxygen atoms in total. The van der Waals surface area contributed by atoms with Crippen LogP contribution in [0.25, 0.3) is 0 Å². The van der Waals surface area contributed by atoms with E-state index in [1.54, 1.807) is 6.07 Å². The van der Waals surface area contributed by atoms with Crippen molar-refractivity contribution >= 4 is 23.4 Å². The number of thioether (sulfide) groups is 1. The lowest BCUT2D eigenvalue weighted by molar-refractivity contribution is 0.269. The van der Waals surface area contributed by atoms with Gasteiger partial charge in [0, 0.05) is 18.7 Å². The molecule has 0 aromatic carbocycles. The largest absolute Gasteiger partial charge is 0.383 e. The van der Waals surface area contributed by atoms with Gasteiger partial charge >= 0.3 is 0 Å². The van der Waals surface area contributed by atoms with Crippen molar-refractivity contribution in [2.45, 2.75) is 37.9 Å². The second-order valence-electron chi connectivity index (χ2n) is 4.87. The molecule has 0 aliphatic rings. The van der Waals surface area contributed by atoms with Crippen LogP contribution in [0, 0.1) is 0 Å². The molecule has 0 saturated carbocycles. The van der Waals surface area contributed by atoms with Crippen LogP contribution >= 0.6 is 11.8 Å². The molecule has 3 N–H and O–H groups in total. The molecular formula is C13H25N5S. The summed E-state index contributed by atoms with van der Waals surface area (Å²) in [6.45, 7) is 6.47. The Kier molecular flexibility index (Phi) is 6.94. The summed E-state index contributed by atoms with van der Waals surface area (Å²) in [5, 5.41) is 4.01. The summed E-state index contributed by atoms with van der Waals surface area (Å²) in [5.74, 6) is 1.33. The molecule has 0 atom stereocenters. The minimum absolute atomic E-state index is 0.515. The molecule has 1 rings (SSSR count). The highest BCUT2D eigenvalue weighted by atomic mass is 32.2. The van der Waals surface area contributed by atoms with Crippen LogP contribution in [0.1, 0.15) is 26.7 Å². The second-order valence-corrected chi connectivity index (χ2v) is 5.65. The van der Waals surface area contributed by atoms with E-state index < -0.39 is 0 Å². The zero-order valence-corrected chi connectivity index (χ0v) is 13.1. The summed E-state index contributed by atoms with van der Waals surface area (Å²) in [6.07, 6.45) is 4.24. The topological polar surface area (TPSA) is 67.1 Å². The van der Waals surface area contributed by atoms with Crippen LogP contribution in [0.15, 0.2) is 11.2 Å². The summed E-state index contributed by atoms with van der Waals surface area (Å²) >= 11 is 1.50. The molecule has 0 bridgehead atoms. The maximum Gasteiger partial charge on any atom is 0.191 e. The number of hydrogen-bond donors (Lipinski definition) is 2. The van der Waals surface area contributed by atoms with Crippen molar-refractivity contribution in [1.82, 2.24) is 14.9 Å². The summed E-state index contributed by atoms with van der Waals surface area (Å²) in [5.41, 5.74) is 5.73. The van der Waals surface area contributed by atoms with Gasteiger partial charge in [-0.1, -0.05) is 11.8 Å². The highest BCUT2D eigenvalue weighted by molar-refractivity contribution is 7.98. The van der Waals surface area contributed by atoms with Crippen LogP contribution in [0.2, 0.25) is 0 Å². The molecule has 19 heavy (non-hydrogen) atoms. The Bertz CT molecular complexity index is 383. The lowest BCUT2D eigenvalue weighted by Gasteiger charge is -2.20. The summed E-state index contributed by atoms with van der Waals surface area (Å²) in [6, 6.07) is 2.39. The fraction of sp³-hybridized carbons (Fsp3) is 0.692. The van der Waals surface area contributed by atoms with E-state index in [4.69, 9.17) is 5.73 Å². The summed E-state index contributed by atoms with van der Waals surface area (Å²) < 4.78 is 0. The van der Waals surface area contributed by atoms with Crippen molar-refractivity contribution in [3.63, 3.8) is 0 Å². The first kappa shape index (κ1) is 16.0. The van der Waals surface area contributed by atoms with Gasteiger partial charge in [-0.15, -0.1) is 0 Å². The monoisotopic (exact) mass is 283 g/mol. The van der Waals surface area contributed by atoms with E-state index >= 15 is 0 Å². The molecule has 0 spiro atoms. The molecule has 0 aliphatic heterocycles. The van der Waals surface area contributed by atoms with Gasteiger partial charge in [-0.3, -0.25) is 0 Å². The minimum atomic E-state index is 0.515. The van der Waals surface area contributed by atoms with Crippen LogP contribution in [-0.4, -0.2) is 47.3 Å². The number of hydrogen-bond acceptors (Lipinski definition) is 6. The molecule has 1 aromatic rings. The third-order valence-corrected chi connectivity index (χ3v) is 3.58. The fourth-order valence-electron chi connectivity index (χ4n) is 1.59. The van der Waals surface area contributed by atoms with Gasteiger partial charge in [-0.25, -0.2) is 9.97 Å². The van der Waals surface area contributed by atoms with Crippen LogP contribution < -0.4 is 11.1 Å². The van der Waals surface area contributed by atoms with Gasteiger partial charge in [0.15, 0.2) is 5.16 Å². The Hall–Kier alpha value is -1.01. The van der Waals surface area contributed by atoms with E-state index in [9.17, 15) is 0 Å². The molecule has 0 saturated heterocycles. The average Bonchev–Trinajstić information content (AvgIpc) is 2.37. The van der Waals surface area contributed by atoms with Crippen LogP contribution in [-0.2, 0) is 0 Å². The Morgan fingerprint density at radius 2 is 2.11 bits per heavy atom. The van der Waals surface area contributed by atoms with E-state index in [2.05, 4.69) is 41.1 Å². The number of aromatic nitrogens is 2. The van der Waals surface area contributed by atoms with Gasteiger partial charge in [0.2, 0.25) is 0 Å². The number of nitrogen functional groups attached to an aromatic ring is 1. The number of unbranched alkanes of at least 4 members (excludes halogenated alkanes) is 1. The van der Waals surface area contributed by atoms with Gasteiger partial charge in [-0.05, 0) is 46.5 Å². The Morgan fingerprint density at radius 1 is 1.37 bits per heavy atom. The average molecular weight is 283 g/mol. The molecule has 0 radical (unpaired) electrons. The maximum atomic E-state index is 5.73. The molecule has 0 amide bonds. The van der Waals surface area contributed by atoms with Crippen molar-refractivity contribution in [3.05, 3.63) is 6.07 Å². The SMILES string of the molecule is CSc1nc(N)cc(NCCCCN(C)C(C)C)n1. The number of nitrogens with zero attached hydrogens (tertiary/aromatic N) is 3. The molecule has 1 aromatic heterocycles. The van der Waals surface area contributed by atoms with E-state index in [1.807, 2.05) is 6.26 Å². The van der Waals surface area contributed by atoms with Crippen molar-refractivity contribution < 1.29 is 0 Å². The van der Waals surface area contributed by atoms with E-state index in [-0.39, 0.29) is 0 Å². The van der Waals surface area contributed by atoms with Gasteiger partial charge in [0.25, 0.3) is 0 Å². The van der Waals surface area contributed by atoms with Crippen LogP contribution in [0.4, 0.5) is 11.6 Å². The van der Waals surface area contributed by atoms with E-state index in [0.29, 0.717) is 17.0 Å². The molecule has 0 fully saturated rings. The van der Waals surface area contributed by atoms with Crippen molar-refractivity contribution in [2.75, 3.05) is 37.4 Å². The van der Waals surface area contributed by atoms with Crippen LogP contribution in [0.3, 0.4) is 0 Å². The quantitative estimate of drug-likeness (QED) is 0.433. The zero-order valence-electron chi connectivity index (χ0n) is 12.3. The highest BCUT2D eigenvalue weighted by Gasteiger charge is 2.03. The zero-order chi connectivity index (χ0) is 14.3.